The highest BCUT2D eigenvalue weighted by atomic mass is 16.2. The van der Waals surface area contributed by atoms with E-state index in [1.54, 1.807) is 6.20 Å². The van der Waals surface area contributed by atoms with Crippen LogP contribution in [0.5, 0.6) is 0 Å². The summed E-state index contributed by atoms with van der Waals surface area (Å²) in [6.45, 7) is 1.65. The summed E-state index contributed by atoms with van der Waals surface area (Å²) in [7, 11) is 0. The number of carbonyl (C=O) groups excluding carboxylic acids is 2. The summed E-state index contributed by atoms with van der Waals surface area (Å²) >= 11 is 0. The Morgan fingerprint density at radius 1 is 0.906 bits per heavy atom. The molecule has 0 spiro atoms. The highest BCUT2D eigenvalue weighted by Crippen LogP contribution is 2.24. The van der Waals surface area contributed by atoms with Gasteiger partial charge in [0.1, 0.15) is 6.04 Å². The molecular formula is C25H27N5O2. The van der Waals surface area contributed by atoms with E-state index in [-0.39, 0.29) is 17.7 Å². The van der Waals surface area contributed by atoms with Crippen molar-refractivity contribution in [1.29, 1.82) is 0 Å². The second kappa shape index (κ2) is 8.88. The smallest absolute Gasteiger partial charge is 0.247 e. The fraction of sp³-hybridized carbons (Fsp3) is 0.280. The number of hydrogen-bond acceptors (Lipinski definition) is 3. The Morgan fingerprint density at radius 3 is 2.34 bits per heavy atom. The molecule has 2 aromatic heterocycles. The maximum absolute atomic E-state index is 13.4. The van der Waals surface area contributed by atoms with Gasteiger partial charge in [0.2, 0.25) is 11.8 Å². The summed E-state index contributed by atoms with van der Waals surface area (Å²) in [6, 6.07) is 15.1. The molecule has 2 amide bonds. The molecule has 0 bridgehead atoms. The Morgan fingerprint density at radius 2 is 1.56 bits per heavy atom. The number of hydrogen-bond donors (Lipinski definition) is 5. The number of para-hydroxylation sites is 2. The first-order chi connectivity index (χ1) is 15.7. The summed E-state index contributed by atoms with van der Waals surface area (Å²) < 4.78 is 0. The minimum Gasteiger partial charge on any atom is -0.361 e. The second-order valence-corrected chi connectivity index (χ2v) is 8.39. The van der Waals surface area contributed by atoms with E-state index in [4.69, 9.17) is 0 Å². The van der Waals surface area contributed by atoms with Gasteiger partial charge in [-0.25, -0.2) is 0 Å². The van der Waals surface area contributed by atoms with Gasteiger partial charge in [-0.15, -0.1) is 0 Å². The molecule has 4 aromatic rings. The standard InChI is InChI=1S/C25H27N5O2/c31-24(16-9-11-26-12-10-16)29-22(13-17-14-27-20-7-3-1-5-18(17)20)25(32)30-23-15-28-21-8-4-2-6-19(21)23/h1-8,14-16,22,26-28H,9-13H2,(H,29,31)(H,30,32). The third-order valence-electron chi connectivity index (χ3n) is 6.29. The molecule has 1 saturated heterocycles. The molecule has 1 aliphatic heterocycles. The van der Waals surface area contributed by atoms with E-state index in [1.165, 1.54) is 0 Å². The quantitative estimate of drug-likeness (QED) is 0.325. The fourth-order valence-electron chi connectivity index (χ4n) is 4.50. The van der Waals surface area contributed by atoms with Crippen molar-refractivity contribution in [2.45, 2.75) is 25.3 Å². The van der Waals surface area contributed by atoms with Gasteiger partial charge in [0, 0.05) is 46.5 Å². The first kappa shape index (κ1) is 20.3. The molecule has 1 aliphatic rings. The molecule has 1 atom stereocenters. The van der Waals surface area contributed by atoms with E-state index in [2.05, 4.69) is 25.9 Å². The maximum atomic E-state index is 13.4. The van der Waals surface area contributed by atoms with E-state index in [0.717, 1.165) is 53.3 Å². The average Bonchev–Trinajstić information content (AvgIpc) is 3.43. The van der Waals surface area contributed by atoms with Gasteiger partial charge in [0.25, 0.3) is 0 Å². The molecule has 0 radical (unpaired) electrons. The summed E-state index contributed by atoms with van der Waals surface area (Å²) in [5, 5.41) is 11.4. The number of aromatic amines is 2. The van der Waals surface area contributed by atoms with Crippen LogP contribution in [0.1, 0.15) is 18.4 Å². The minimum absolute atomic E-state index is 0.0505. The highest BCUT2D eigenvalue weighted by molar-refractivity contribution is 6.04. The molecule has 0 aliphatic carbocycles. The van der Waals surface area contributed by atoms with Gasteiger partial charge in [-0.05, 0) is 43.6 Å². The Kier molecular flexibility index (Phi) is 5.64. The first-order valence-corrected chi connectivity index (χ1v) is 11.1. The van der Waals surface area contributed by atoms with Gasteiger partial charge in [-0.3, -0.25) is 9.59 Å². The monoisotopic (exact) mass is 429 g/mol. The molecule has 5 rings (SSSR count). The topological polar surface area (TPSA) is 102 Å². The van der Waals surface area contributed by atoms with Crippen LogP contribution < -0.4 is 16.0 Å². The lowest BCUT2D eigenvalue weighted by Gasteiger charge is -2.25. The molecule has 1 unspecified atom stereocenters. The Bertz CT molecular complexity index is 1250. The number of amides is 2. The molecule has 7 nitrogen and oxygen atoms in total. The van der Waals surface area contributed by atoms with E-state index < -0.39 is 6.04 Å². The van der Waals surface area contributed by atoms with Gasteiger partial charge < -0.3 is 25.9 Å². The summed E-state index contributed by atoms with van der Waals surface area (Å²) in [4.78, 5) is 32.8. The van der Waals surface area contributed by atoms with Crippen molar-refractivity contribution in [3.05, 3.63) is 66.5 Å². The zero-order valence-electron chi connectivity index (χ0n) is 17.8. The summed E-state index contributed by atoms with van der Waals surface area (Å²) in [5.74, 6) is -0.338. The molecule has 0 saturated carbocycles. The SMILES string of the molecule is O=C(NC(Cc1c[nH]c2ccccc12)C(=O)Nc1c[nH]c2ccccc12)C1CCNCC1. The lowest BCUT2D eigenvalue weighted by atomic mass is 9.96. The van der Waals surface area contributed by atoms with E-state index in [0.29, 0.717) is 12.1 Å². The predicted molar refractivity (Wildman–Crippen MR) is 126 cm³/mol. The lowest BCUT2D eigenvalue weighted by molar-refractivity contribution is -0.129. The van der Waals surface area contributed by atoms with Crippen LogP contribution in [0.3, 0.4) is 0 Å². The Labute approximate surface area is 186 Å². The number of benzene rings is 2. The lowest BCUT2D eigenvalue weighted by Crippen LogP contribution is -2.48. The number of rotatable bonds is 6. The largest absolute Gasteiger partial charge is 0.361 e. The molecule has 5 N–H and O–H groups in total. The van der Waals surface area contributed by atoms with Crippen LogP contribution >= 0.6 is 0 Å². The zero-order chi connectivity index (χ0) is 21.9. The van der Waals surface area contributed by atoms with Crippen LogP contribution in [-0.4, -0.2) is 40.9 Å². The fourth-order valence-corrected chi connectivity index (χ4v) is 4.50. The van der Waals surface area contributed by atoms with Crippen LogP contribution in [-0.2, 0) is 16.0 Å². The highest BCUT2D eigenvalue weighted by Gasteiger charge is 2.28. The number of piperidine rings is 1. The van der Waals surface area contributed by atoms with Gasteiger partial charge in [0.05, 0.1) is 5.69 Å². The number of carbonyl (C=O) groups is 2. The Hall–Kier alpha value is -3.58. The van der Waals surface area contributed by atoms with Crippen LogP contribution in [0.4, 0.5) is 5.69 Å². The molecule has 3 heterocycles. The predicted octanol–water partition coefficient (Wildman–Crippen LogP) is 3.31. The second-order valence-electron chi connectivity index (χ2n) is 8.39. The zero-order valence-corrected chi connectivity index (χ0v) is 17.8. The van der Waals surface area contributed by atoms with Gasteiger partial charge in [-0.1, -0.05) is 36.4 Å². The molecule has 7 heteroatoms. The van der Waals surface area contributed by atoms with Crippen LogP contribution in [0.15, 0.2) is 60.9 Å². The van der Waals surface area contributed by atoms with Crippen LogP contribution in [0, 0.1) is 5.92 Å². The number of H-pyrrole nitrogens is 2. The third kappa shape index (κ3) is 4.11. The van der Waals surface area contributed by atoms with E-state index >= 15 is 0 Å². The van der Waals surface area contributed by atoms with Crippen molar-refractivity contribution >= 4 is 39.3 Å². The molecule has 164 valence electrons. The number of aromatic nitrogens is 2. The van der Waals surface area contributed by atoms with Crippen molar-refractivity contribution in [3.63, 3.8) is 0 Å². The normalized spacial score (nSPS) is 15.6. The third-order valence-corrected chi connectivity index (χ3v) is 6.29. The van der Waals surface area contributed by atoms with Crippen molar-refractivity contribution in [1.82, 2.24) is 20.6 Å². The van der Waals surface area contributed by atoms with Crippen molar-refractivity contribution in [2.24, 2.45) is 5.92 Å². The van der Waals surface area contributed by atoms with Crippen LogP contribution in [0.2, 0.25) is 0 Å². The van der Waals surface area contributed by atoms with E-state index in [9.17, 15) is 9.59 Å². The van der Waals surface area contributed by atoms with Crippen molar-refractivity contribution < 1.29 is 9.59 Å². The van der Waals surface area contributed by atoms with Gasteiger partial charge in [-0.2, -0.15) is 0 Å². The number of anilines is 1. The van der Waals surface area contributed by atoms with Crippen molar-refractivity contribution in [3.8, 4) is 0 Å². The Balaban J connectivity index is 1.40. The van der Waals surface area contributed by atoms with Crippen molar-refractivity contribution in [2.75, 3.05) is 18.4 Å². The molecule has 1 fully saturated rings. The number of fused-ring (bicyclic) bond motifs is 2. The van der Waals surface area contributed by atoms with Crippen LogP contribution in [0.25, 0.3) is 21.8 Å². The van der Waals surface area contributed by atoms with E-state index in [1.807, 2.05) is 54.7 Å². The molecular weight excluding hydrogens is 402 g/mol. The minimum atomic E-state index is -0.676. The van der Waals surface area contributed by atoms with Gasteiger partial charge in [0.15, 0.2) is 0 Å². The molecule has 2 aromatic carbocycles. The first-order valence-electron chi connectivity index (χ1n) is 11.1. The van der Waals surface area contributed by atoms with Gasteiger partial charge >= 0.3 is 0 Å². The summed E-state index contributed by atoms with van der Waals surface area (Å²) in [6.07, 6.45) is 5.70. The molecule has 32 heavy (non-hydrogen) atoms. The average molecular weight is 430 g/mol. The maximum Gasteiger partial charge on any atom is 0.247 e. The summed E-state index contributed by atoms with van der Waals surface area (Å²) in [5.41, 5.74) is 3.69. The number of nitrogens with one attached hydrogen (secondary N) is 5.